The van der Waals surface area contributed by atoms with E-state index in [2.05, 4.69) is 5.32 Å². The minimum atomic E-state index is -3.44. The van der Waals surface area contributed by atoms with E-state index >= 15 is 0 Å². The number of carbonyl (C=O) groups is 1. The average Bonchev–Trinajstić information content (AvgIpc) is 2.11. The number of nitrogens with one attached hydrogen (secondary N) is 1. The molecule has 0 aliphatic rings. The van der Waals surface area contributed by atoms with Crippen molar-refractivity contribution in [2.45, 2.75) is 38.8 Å². The van der Waals surface area contributed by atoms with E-state index in [9.17, 15) is 13.2 Å². The zero-order valence-corrected chi connectivity index (χ0v) is 12.9. The number of sulfone groups is 1. The van der Waals surface area contributed by atoms with Crippen LogP contribution in [0, 0.1) is 0 Å². The van der Waals surface area contributed by atoms with Crippen LogP contribution >= 0.6 is 11.6 Å². The third-order valence-corrected chi connectivity index (χ3v) is 3.68. The van der Waals surface area contributed by atoms with Crippen molar-refractivity contribution in [3.8, 4) is 0 Å². The van der Waals surface area contributed by atoms with Crippen molar-refractivity contribution in [2.75, 3.05) is 13.3 Å². The van der Waals surface area contributed by atoms with Gasteiger partial charge in [-0.3, -0.25) is 4.79 Å². The summed E-state index contributed by atoms with van der Waals surface area (Å²) in [6.07, 6.45) is 2.31. The quantitative estimate of drug-likeness (QED) is 0.777. The molecule has 0 rings (SSSR count). The summed E-state index contributed by atoms with van der Waals surface area (Å²) >= 11 is 5.63. The summed E-state index contributed by atoms with van der Waals surface area (Å²) in [5, 5.41) is 2.80. The van der Waals surface area contributed by atoms with Crippen LogP contribution < -0.4 is 5.32 Å². The van der Waals surface area contributed by atoms with Gasteiger partial charge in [0.1, 0.15) is 9.97 Å². The average molecular weight is 298 g/mol. The van der Waals surface area contributed by atoms with E-state index in [4.69, 9.17) is 16.3 Å². The summed E-state index contributed by atoms with van der Waals surface area (Å²) in [5.41, 5.74) is -0.570. The summed E-state index contributed by atoms with van der Waals surface area (Å²) in [4.78, 5) is 11.6. The molecule has 0 aromatic carbocycles. The summed E-state index contributed by atoms with van der Waals surface area (Å²) in [6, 6.07) is -0.484. The van der Waals surface area contributed by atoms with Gasteiger partial charge in [0.2, 0.25) is 0 Å². The van der Waals surface area contributed by atoms with Crippen molar-refractivity contribution in [1.29, 1.82) is 0 Å². The second-order valence-electron chi connectivity index (χ2n) is 4.93. The normalized spacial score (nSPS) is 15.3. The maximum absolute atomic E-state index is 11.6. The number of hydrogen-bond donors (Lipinski definition) is 1. The molecule has 0 unspecified atom stereocenters. The molecular weight excluding hydrogens is 278 g/mol. The van der Waals surface area contributed by atoms with E-state index in [1.165, 1.54) is 6.08 Å². The van der Waals surface area contributed by atoms with Crippen LogP contribution in [-0.4, -0.2) is 39.3 Å². The second kappa shape index (κ2) is 6.54. The number of rotatable bonds is 5. The van der Waals surface area contributed by atoms with Gasteiger partial charge >= 0.3 is 5.97 Å². The molecule has 1 N–H and O–H groups in total. The van der Waals surface area contributed by atoms with Crippen LogP contribution in [0.1, 0.15) is 27.2 Å². The Morgan fingerprint density at radius 2 is 1.94 bits per heavy atom. The third-order valence-electron chi connectivity index (χ3n) is 1.86. The van der Waals surface area contributed by atoms with Crippen molar-refractivity contribution in [3.63, 3.8) is 0 Å². The number of hydrogen-bond acceptors (Lipinski definition) is 5. The molecule has 0 aromatic heterocycles. The first-order valence-electron chi connectivity index (χ1n) is 5.42. The first kappa shape index (κ1) is 17.4. The van der Waals surface area contributed by atoms with Gasteiger partial charge in [0.25, 0.3) is 0 Å². The van der Waals surface area contributed by atoms with Crippen LogP contribution in [0.2, 0.25) is 0 Å². The predicted molar refractivity (Wildman–Crippen MR) is 72.1 cm³/mol. The van der Waals surface area contributed by atoms with Gasteiger partial charge < -0.3 is 10.1 Å². The molecule has 0 aliphatic carbocycles. The fourth-order valence-electron chi connectivity index (χ4n) is 1.09. The number of likely N-dealkylation sites (N-methyl/N-ethyl adjacent to an activating group) is 1. The Bertz CT molecular complexity index is 423. The van der Waals surface area contributed by atoms with Gasteiger partial charge in [-0.2, -0.15) is 0 Å². The molecule has 0 bridgehead atoms. The van der Waals surface area contributed by atoms with Gasteiger partial charge in [-0.05, 0) is 33.9 Å². The van der Waals surface area contributed by atoms with E-state index in [-0.39, 0.29) is 10.8 Å². The molecule has 0 saturated carbocycles. The maximum Gasteiger partial charge on any atom is 0.308 e. The molecule has 0 saturated heterocycles. The SMILES string of the molecule is CN[C@H](/C=C(\Cl)S(C)(=O)=O)CC(=O)OC(C)(C)C. The first-order chi connectivity index (χ1) is 7.95. The minimum absolute atomic E-state index is 0.0134. The molecule has 0 spiro atoms. The zero-order valence-electron chi connectivity index (χ0n) is 11.3. The van der Waals surface area contributed by atoms with E-state index in [0.29, 0.717) is 0 Å². The zero-order chi connectivity index (χ0) is 14.6. The van der Waals surface area contributed by atoms with Crippen LogP contribution in [0.5, 0.6) is 0 Å². The number of ether oxygens (including phenoxy) is 1. The van der Waals surface area contributed by atoms with Gasteiger partial charge in [-0.15, -0.1) is 0 Å². The van der Waals surface area contributed by atoms with Gasteiger partial charge in [-0.25, -0.2) is 8.42 Å². The first-order valence-corrected chi connectivity index (χ1v) is 7.69. The van der Waals surface area contributed by atoms with Crippen molar-refractivity contribution in [3.05, 3.63) is 10.4 Å². The minimum Gasteiger partial charge on any atom is -0.460 e. The molecule has 106 valence electrons. The standard InChI is InChI=1S/C11H20ClNO4S/c1-11(2,3)17-10(14)7-8(13-4)6-9(12)18(5,15)16/h6,8,13H,7H2,1-5H3/b9-6+/t8-/m1/s1. The van der Waals surface area contributed by atoms with E-state index in [1.54, 1.807) is 27.8 Å². The van der Waals surface area contributed by atoms with Crippen molar-refractivity contribution in [1.82, 2.24) is 5.32 Å². The van der Waals surface area contributed by atoms with Crippen molar-refractivity contribution >= 4 is 27.4 Å². The Morgan fingerprint density at radius 1 is 1.44 bits per heavy atom. The van der Waals surface area contributed by atoms with E-state index in [1.807, 2.05) is 0 Å². The molecule has 0 aromatic rings. The summed E-state index contributed by atoms with van der Waals surface area (Å²) in [6.45, 7) is 5.29. The Morgan fingerprint density at radius 3 is 2.28 bits per heavy atom. The van der Waals surface area contributed by atoms with Crippen LogP contribution in [0.4, 0.5) is 0 Å². The smallest absolute Gasteiger partial charge is 0.308 e. The third kappa shape index (κ3) is 7.68. The monoisotopic (exact) mass is 297 g/mol. The lowest BCUT2D eigenvalue weighted by molar-refractivity contribution is -0.155. The van der Waals surface area contributed by atoms with Crippen LogP contribution in [0.15, 0.2) is 10.4 Å². The fraction of sp³-hybridized carbons (Fsp3) is 0.727. The predicted octanol–water partition coefficient (Wildman–Crippen LogP) is 1.43. The number of esters is 1. The highest BCUT2D eigenvalue weighted by molar-refractivity contribution is 7.96. The van der Waals surface area contributed by atoms with Gasteiger partial charge in [0, 0.05) is 12.3 Å². The lowest BCUT2D eigenvalue weighted by atomic mass is 10.1. The fourth-order valence-corrected chi connectivity index (χ4v) is 1.65. The Labute approximate surface area is 113 Å². The Kier molecular flexibility index (Phi) is 6.33. The van der Waals surface area contributed by atoms with Gasteiger partial charge in [0.05, 0.1) is 6.42 Å². The lowest BCUT2D eigenvalue weighted by Gasteiger charge is -2.21. The highest BCUT2D eigenvalue weighted by atomic mass is 35.5. The molecule has 0 heterocycles. The Hall–Kier alpha value is -0.590. The molecule has 0 radical (unpaired) electrons. The summed E-state index contributed by atoms with van der Waals surface area (Å²) in [5.74, 6) is -0.420. The van der Waals surface area contributed by atoms with Gasteiger partial charge in [0.15, 0.2) is 9.84 Å². The molecule has 7 heteroatoms. The van der Waals surface area contributed by atoms with Gasteiger partial charge in [-0.1, -0.05) is 11.6 Å². The topological polar surface area (TPSA) is 72.5 Å². The summed E-state index contributed by atoms with van der Waals surface area (Å²) in [7, 11) is -1.84. The highest BCUT2D eigenvalue weighted by Crippen LogP contribution is 2.14. The molecule has 5 nitrogen and oxygen atoms in total. The molecule has 0 amide bonds. The second-order valence-corrected chi connectivity index (χ2v) is 7.54. The maximum atomic E-state index is 11.6. The van der Waals surface area contributed by atoms with Crippen LogP contribution in [-0.2, 0) is 19.4 Å². The largest absolute Gasteiger partial charge is 0.460 e. The molecule has 0 fully saturated rings. The number of halogens is 1. The number of carbonyl (C=O) groups excluding carboxylic acids is 1. The van der Waals surface area contributed by atoms with Crippen molar-refractivity contribution in [2.24, 2.45) is 0 Å². The molecular formula is C11H20ClNO4S. The van der Waals surface area contributed by atoms with E-state index in [0.717, 1.165) is 6.26 Å². The van der Waals surface area contributed by atoms with Crippen LogP contribution in [0.3, 0.4) is 0 Å². The van der Waals surface area contributed by atoms with Crippen molar-refractivity contribution < 1.29 is 17.9 Å². The summed E-state index contributed by atoms with van der Waals surface area (Å²) < 4.78 is 27.2. The highest BCUT2D eigenvalue weighted by Gasteiger charge is 2.20. The lowest BCUT2D eigenvalue weighted by Crippen LogP contribution is -2.31. The molecule has 1 atom stereocenters. The molecule has 18 heavy (non-hydrogen) atoms. The van der Waals surface area contributed by atoms with E-state index < -0.39 is 27.4 Å². The Balaban J connectivity index is 4.69. The van der Waals surface area contributed by atoms with Crippen LogP contribution in [0.25, 0.3) is 0 Å². The molecule has 0 aliphatic heterocycles.